The van der Waals surface area contributed by atoms with Crippen LogP contribution in [0.15, 0.2) is 21.9 Å². The predicted octanol–water partition coefficient (Wildman–Crippen LogP) is 0.228. The van der Waals surface area contributed by atoms with E-state index in [1.807, 2.05) is 4.90 Å². The molecule has 0 atom stereocenters. The fraction of sp³-hybridized carbons (Fsp3) is 0.500. The molecule has 9 heteroatoms. The zero-order valence-electron chi connectivity index (χ0n) is 15.2. The van der Waals surface area contributed by atoms with Gasteiger partial charge in [-0.05, 0) is 31.2 Å². The molecular weight excluding hydrogens is 346 g/mol. The molecule has 0 radical (unpaired) electrons. The molecule has 0 bridgehead atoms. The van der Waals surface area contributed by atoms with Crippen molar-refractivity contribution >= 4 is 17.0 Å². The van der Waals surface area contributed by atoms with Crippen LogP contribution in [0, 0.1) is 5.92 Å². The minimum absolute atomic E-state index is 0.0167. The van der Waals surface area contributed by atoms with Crippen LogP contribution in [-0.2, 0) is 26.4 Å². The van der Waals surface area contributed by atoms with Gasteiger partial charge in [0.25, 0.3) is 11.1 Å². The number of aromatic amines is 1. The van der Waals surface area contributed by atoms with Gasteiger partial charge in [-0.1, -0.05) is 0 Å². The first-order valence-electron chi connectivity index (χ1n) is 9.35. The van der Waals surface area contributed by atoms with Crippen LogP contribution in [0.4, 0.5) is 5.95 Å². The van der Waals surface area contributed by atoms with Crippen LogP contribution < -0.4 is 16.0 Å². The summed E-state index contributed by atoms with van der Waals surface area (Å²) in [5.74, 6) is 0.863. The van der Waals surface area contributed by atoms with Crippen LogP contribution in [0.1, 0.15) is 24.1 Å². The number of anilines is 1. The molecule has 0 amide bonds. The number of rotatable bonds is 3. The lowest BCUT2D eigenvalue weighted by molar-refractivity contribution is 0.328. The van der Waals surface area contributed by atoms with Gasteiger partial charge in [0.2, 0.25) is 5.95 Å². The van der Waals surface area contributed by atoms with E-state index in [1.165, 1.54) is 6.20 Å². The van der Waals surface area contributed by atoms with Crippen LogP contribution >= 0.6 is 0 Å². The van der Waals surface area contributed by atoms with Gasteiger partial charge in [-0.3, -0.25) is 19.3 Å². The molecule has 1 saturated heterocycles. The van der Waals surface area contributed by atoms with Crippen molar-refractivity contribution in [1.29, 1.82) is 0 Å². The van der Waals surface area contributed by atoms with Crippen molar-refractivity contribution < 1.29 is 0 Å². The number of fused-ring (bicyclic) bond motifs is 2. The third-order valence-corrected chi connectivity index (χ3v) is 5.55. The molecule has 140 valence electrons. The van der Waals surface area contributed by atoms with Crippen LogP contribution in [0.25, 0.3) is 11.0 Å². The molecule has 27 heavy (non-hydrogen) atoms. The highest BCUT2D eigenvalue weighted by Crippen LogP contribution is 2.23. The molecule has 1 aliphatic heterocycles. The molecule has 4 heterocycles. The van der Waals surface area contributed by atoms with Gasteiger partial charge >= 0.3 is 0 Å². The summed E-state index contributed by atoms with van der Waals surface area (Å²) in [7, 11) is 1.77. The molecule has 3 aromatic heterocycles. The molecule has 0 unspecified atom stereocenters. The summed E-state index contributed by atoms with van der Waals surface area (Å²) < 4.78 is 3.20. The summed E-state index contributed by atoms with van der Waals surface area (Å²) in [6.45, 7) is 2.07. The zero-order chi connectivity index (χ0) is 18.5. The predicted molar refractivity (Wildman–Crippen MR) is 100.0 cm³/mol. The second-order valence-corrected chi connectivity index (χ2v) is 7.51. The Balaban J connectivity index is 1.32. The Morgan fingerprint density at radius 3 is 2.89 bits per heavy atom. The van der Waals surface area contributed by atoms with Crippen LogP contribution in [0.5, 0.6) is 0 Å². The van der Waals surface area contributed by atoms with E-state index in [0.717, 1.165) is 50.0 Å². The summed E-state index contributed by atoms with van der Waals surface area (Å²) in [5.41, 5.74) is 2.56. The lowest BCUT2D eigenvalue weighted by atomic mass is 9.97. The smallest absolute Gasteiger partial charge is 0.267 e. The van der Waals surface area contributed by atoms with Gasteiger partial charge in [0.05, 0.1) is 18.4 Å². The Hall–Kier alpha value is -2.97. The van der Waals surface area contributed by atoms with Crippen LogP contribution in [-0.4, -0.2) is 42.6 Å². The average Bonchev–Trinajstić information content (AvgIpc) is 2.99. The number of aryl methyl sites for hydroxylation is 3. The van der Waals surface area contributed by atoms with E-state index in [2.05, 4.69) is 20.2 Å². The van der Waals surface area contributed by atoms with E-state index in [9.17, 15) is 9.59 Å². The highest BCUT2D eigenvalue weighted by molar-refractivity contribution is 5.74. The molecule has 5 rings (SSSR count). The van der Waals surface area contributed by atoms with Gasteiger partial charge in [-0.2, -0.15) is 15.2 Å². The minimum Gasteiger partial charge on any atom is -0.341 e. The number of H-pyrrole nitrogens is 1. The maximum atomic E-state index is 12.3. The maximum absolute atomic E-state index is 12.3. The number of hydrogen-bond donors (Lipinski definition) is 1. The van der Waals surface area contributed by atoms with E-state index in [4.69, 9.17) is 0 Å². The van der Waals surface area contributed by atoms with Gasteiger partial charge in [0.1, 0.15) is 5.39 Å². The fourth-order valence-corrected chi connectivity index (χ4v) is 4.01. The highest BCUT2D eigenvalue weighted by Gasteiger charge is 2.30. The zero-order valence-corrected chi connectivity index (χ0v) is 15.2. The summed E-state index contributed by atoms with van der Waals surface area (Å²) in [5, 5.41) is 9.17. The van der Waals surface area contributed by atoms with Gasteiger partial charge in [0, 0.05) is 32.1 Å². The maximum Gasteiger partial charge on any atom is 0.267 e. The minimum atomic E-state index is -0.181. The molecule has 3 aromatic rings. The number of nitrogens with one attached hydrogen (secondary N) is 1. The lowest BCUT2D eigenvalue weighted by Gasteiger charge is -2.39. The third-order valence-electron chi connectivity index (χ3n) is 5.55. The van der Waals surface area contributed by atoms with Crippen molar-refractivity contribution in [3.63, 3.8) is 0 Å². The summed E-state index contributed by atoms with van der Waals surface area (Å²) in [6, 6.07) is 1.76. The Labute approximate surface area is 154 Å². The molecule has 9 nitrogen and oxygen atoms in total. The van der Waals surface area contributed by atoms with Gasteiger partial charge in [-0.25, -0.2) is 4.68 Å². The van der Waals surface area contributed by atoms with Gasteiger partial charge in [-0.15, -0.1) is 0 Å². The first-order valence-corrected chi connectivity index (χ1v) is 9.35. The van der Waals surface area contributed by atoms with Crippen molar-refractivity contribution in [2.45, 2.75) is 32.2 Å². The van der Waals surface area contributed by atoms with E-state index in [-0.39, 0.29) is 11.1 Å². The van der Waals surface area contributed by atoms with Crippen molar-refractivity contribution in [1.82, 2.24) is 29.5 Å². The molecule has 1 fully saturated rings. The first-order chi connectivity index (χ1) is 13.1. The van der Waals surface area contributed by atoms with E-state index in [1.54, 1.807) is 22.5 Å². The van der Waals surface area contributed by atoms with Gasteiger partial charge in [0.15, 0.2) is 5.65 Å². The normalized spacial score (nSPS) is 17.1. The largest absolute Gasteiger partial charge is 0.341 e. The topological polar surface area (TPSA) is 102 Å². The summed E-state index contributed by atoms with van der Waals surface area (Å²) in [4.78, 5) is 33.9. The van der Waals surface area contributed by atoms with Crippen molar-refractivity contribution in [3.8, 4) is 0 Å². The molecule has 1 aliphatic carbocycles. The monoisotopic (exact) mass is 367 g/mol. The summed E-state index contributed by atoms with van der Waals surface area (Å²) >= 11 is 0. The standard InChI is InChI=1S/C18H21N7O2/c1-23-16-13(7-19-23)17(27)21-18(20-16)24-8-11(9-24)10-25-15(26)6-12-4-2-3-5-14(12)22-25/h6-7,11H,2-5,8-10H2,1H3,(H,20,21,27). The second-order valence-electron chi connectivity index (χ2n) is 7.51. The Morgan fingerprint density at radius 2 is 2.04 bits per heavy atom. The van der Waals surface area contributed by atoms with Crippen molar-refractivity contribution in [2.24, 2.45) is 13.0 Å². The van der Waals surface area contributed by atoms with Gasteiger partial charge < -0.3 is 4.90 Å². The molecule has 0 saturated carbocycles. The molecule has 0 aromatic carbocycles. The first kappa shape index (κ1) is 16.2. The van der Waals surface area contributed by atoms with Crippen molar-refractivity contribution in [3.05, 3.63) is 44.2 Å². The SMILES string of the molecule is Cn1ncc2c(=O)[nH]c(N3CC(Cn4nc5c(cc4=O)CCCC5)C3)nc21. The van der Waals surface area contributed by atoms with E-state index >= 15 is 0 Å². The second kappa shape index (κ2) is 6.04. The molecule has 1 N–H and O–H groups in total. The van der Waals surface area contributed by atoms with Crippen molar-refractivity contribution in [2.75, 3.05) is 18.0 Å². The number of hydrogen-bond acceptors (Lipinski definition) is 6. The quantitative estimate of drug-likeness (QED) is 0.711. The average molecular weight is 367 g/mol. The molecule has 2 aliphatic rings. The number of aromatic nitrogens is 6. The lowest BCUT2D eigenvalue weighted by Crippen LogP contribution is -2.51. The highest BCUT2D eigenvalue weighted by atomic mass is 16.1. The fourth-order valence-electron chi connectivity index (χ4n) is 4.01. The van der Waals surface area contributed by atoms with Crippen LogP contribution in [0.3, 0.4) is 0 Å². The molecular formula is C18H21N7O2. The van der Waals surface area contributed by atoms with Crippen LogP contribution in [0.2, 0.25) is 0 Å². The molecule has 0 spiro atoms. The number of nitrogens with zero attached hydrogens (tertiary/aromatic N) is 6. The van der Waals surface area contributed by atoms with E-state index < -0.39 is 0 Å². The summed E-state index contributed by atoms with van der Waals surface area (Å²) in [6.07, 6.45) is 5.73. The third kappa shape index (κ3) is 2.73. The Morgan fingerprint density at radius 1 is 1.22 bits per heavy atom. The van der Waals surface area contributed by atoms with E-state index in [0.29, 0.717) is 29.4 Å². The Bertz CT molecular complexity index is 1140. The Kier molecular flexibility index (Phi) is 3.63.